The van der Waals surface area contributed by atoms with Crippen LogP contribution in [0.2, 0.25) is 0 Å². The molecule has 266 valence electrons. The molecule has 0 atom stereocenters. The van der Waals surface area contributed by atoms with Gasteiger partial charge in [-0.1, -0.05) is 7.92 Å². The second-order valence-electron chi connectivity index (χ2n) is 13.2. The Labute approximate surface area is 307 Å². The van der Waals surface area contributed by atoms with Crippen molar-refractivity contribution in [3.63, 3.8) is 0 Å². The van der Waals surface area contributed by atoms with Gasteiger partial charge in [-0.05, 0) is 60.3 Å². The summed E-state index contributed by atoms with van der Waals surface area (Å²) in [5.41, 5.74) is 6.62. The number of methoxy groups -OCH3 is 1. The highest BCUT2D eigenvalue weighted by molar-refractivity contribution is 9.10. The molecular weight excluding hydrogens is 729 g/mol. The van der Waals surface area contributed by atoms with E-state index in [4.69, 9.17) is 9.72 Å². The SMILES string of the molecule is COc1cc(N2CCC(N3CCN(C(C)=O)CC3)CC2)c(-c2cnn(C)c2)cc1Nc1ncc(Br)c(Nc2ccc3nccnc3c2P(C)C)n1. The zero-order valence-electron chi connectivity index (χ0n) is 29.6. The van der Waals surface area contributed by atoms with Crippen LogP contribution >= 0.6 is 23.9 Å². The van der Waals surface area contributed by atoms with Gasteiger partial charge in [0.15, 0.2) is 0 Å². The summed E-state index contributed by atoms with van der Waals surface area (Å²) in [6, 6.07) is 8.75. The molecule has 2 aliphatic rings. The smallest absolute Gasteiger partial charge is 0.229 e. The fourth-order valence-electron chi connectivity index (χ4n) is 7.10. The van der Waals surface area contributed by atoms with Gasteiger partial charge in [0, 0.05) is 118 Å². The maximum Gasteiger partial charge on any atom is 0.229 e. The fourth-order valence-corrected chi connectivity index (χ4v) is 8.60. The molecular formula is C36H43BrN11O2P. The number of benzene rings is 2. The number of piperidine rings is 1. The molecule has 2 aromatic carbocycles. The third kappa shape index (κ3) is 7.49. The van der Waals surface area contributed by atoms with E-state index in [0.29, 0.717) is 23.6 Å². The van der Waals surface area contributed by atoms with E-state index < -0.39 is 7.92 Å². The molecule has 0 saturated carbocycles. The molecule has 15 heteroatoms. The standard InChI is InChI=1S/C36H43BrN11O2P/c1-23(49)46-14-16-47(17-15-46)25-8-12-48(13-9-25)31-19-32(50-3)30(18-26(31)24-20-41-45(2)22-24)43-36-40-21-27(37)35(44-36)42-29-7-6-28-33(34(29)51(4)5)39-11-10-38-28/h6-7,10-11,18-22,25H,8-9,12-17H2,1-5H3,(H2,40,42,43,44). The summed E-state index contributed by atoms with van der Waals surface area (Å²) in [6.45, 7) is 11.4. The lowest BCUT2D eigenvalue weighted by atomic mass is 9.98. The summed E-state index contributed by atoms with van der Waals surface area (Å²) >= 11 is 3.65. The Morgan fingerprint density at radius 1 is 0.961 bits per heavy atom. The summed E-state index contributed by atoms with van der Waals surface area (Å²) in [7, 11) is 3.12. The molecule has 13 nitrogen and oxygen atoms in total. The highest BCUT2D eigenvalue weighted by Gasteiger charge is 2.30. The van der Waals surface area contributed by atoms with Crippen molar-refractivity contribution in [1.29, 1.82) is 0 Å². The van der Waals surface area contributed by atoms with Gasteiger partial charge in [0.25, 0.3) is 0 Å². The monoisotopic (exact) mass is 771 g/mol. The first-order chi connectivity index (χ1) is 24.7. The number of hydrogen-bond donors (Lipinski definition) is 2. The van der Waals surface area contributed by atoms with Crippen molar-refractivity contribution < 1.29 is 9.53 Å². The number of rotatable bonds is 9. The first kappa shape index (κ1) is 35.0. The zero-order chi connectivity index (χ0) is 35.6. The van der Waals surface area contributed by atoms with Crippen LogP contribution < -0.4 is 25.6 Å². The van der Waals surface area contributed by atoms with Crippen molar-refractivity contribution >= 4 is 74.9 Å². The van der Waals surface area contributed by atoms with E-state index in [2.05, 4.69) is 81.9 Å². The van der Waals surface area contributed by atoms with Gasteiger partial charge in [-0.3, -0.25) is 24.3 Å². The van der Waals surface area contributed by atoms with Gasteiger partial charge in [-0.15, -0.1) is 0 Å². The first-order valence-corrected chi connectivity index (χ1v) is 20.1. The minimum atomic E-state index is -0.501. The molecule has 1 amide bonds. The number of aryl methyl sites for hydroxylation is 1. The lowest BCUT2D eigenvalue weighted by Crippen LogP contribution is -2.54. The number of fused-ring (bicyclic) bond motifs is 1. The predicted molar refractivity (Wildman–Crippen MR) is 208 cm³/mol. The summed E-state index contributed by atoms with van der Waals surface area (Å²) in [5, 5.41) is 12.6. The van der Waals surface area contributed by atoms with Crippen molar-refractivity contribution in [2.75, 3.05) is 75.2 Å². The number of carbonyl (C=O) groups excluding carboxylic acids is 1. The summed E-state index contributed by atoms with van der Waals surface area (Å²) in [5.74, 6) is 1.91. The number of hydrogen-bond acceptors (Lipinski definition) is 11. The molecule has 5 aromatic rings. The molecule has 2 saturated heterocycles. The number of piperazine rings is 1. The lowest BCUT2D eigenvalue weighted by Gasteiger charge is -2.43. The summed E-state index contributed by atoms with van der Waals surface area (Å²) < 4.78 is 8.54. The van der Waals surface area contributed by atoms with Gasteiger partial charge in [0.2, 0.25) is 11.9 Å². The van der Waals surface area contributed by atoms with Crippen LogP contribution in [0.25, 0.3) is 22.2 Å². The molecule has 51 heavy (non-hydrogen) atoms. The quantitative estimate of drug-likeness (QED) is 0.182. The molecule has 0 radical (unpaired) electrons. The number of carbonyl (C=O) groups is 1. The second kappa shape index (κ2) is 15.1. The Morgan fingerprint density at radius 2 is 1.73 bits per heavy atom. The van der Waals surface area contributed by atoms with E-state index >= 15 is 0 Å². The third-order valence-electron chi connectivity index (χ3n) is 9.72. The van der Waals surface area contributed by atoms with Crippen LogP contribution in [0.5, 0.6) is 5.75 Å². The van der Waals surface area contributed by atoms with Crippen LogP contribution in [0.15, 0.2) is 59.7 Å². The largest absolute Gasteiger partial charge is 0.494 e. The number of amides is 1. The van der Waals surface area contributed by atoms with Crippen LogP contribution in [0.3, 0.4) is 0 Å². The van der Waals surface area contributed by atoms with Crippen molar-refractivity contribution in [3.05, 3.63) is 59.7 Å². The normalized spacial score (nSPS) is 15.8. The van der Waals surface area contributed by atoms with E-state index in [1.807, 2.05) is 41.2 Å². The molecule has 3 aromatic heterocycles. The van der Waals surface area contributed by atoms with E-state index in [1.165, 1.54) is 0 Å². The Morgan fingerprint density at radius 3 is 2.41 bits per heavy atom. The van der Waals surface area contributed by atoms with Gasteiger partial charge in [-0.25, -0.2) is 4.98 Å². The predicted octanol–water partition coefficient (Wildman–Crippen LogP) is 5.58. The Hall–Kier alpha value is -4.39. The Balaban J connectivity index is 1.15. The second-order valence-corrected chi connectivity index (χ2v) is 16.2. The van der Waals surface area contributed by atoms with Crippen molar-refractivity contribution in [2.45, 2.75) is 25.8 Å². The molecule has 2 fully saturated rings. The van der Waals surface area contributed by atoms with E-state index in [1.54, 1.807) is 32.6 Å². The van der Waals surface area contributed by atoms with Crippen molar-refractivity contribution in [2.24, 2.45) is 7.05 Å². The lowest BCUT2D eigenvalue weighted by molar-refractivity contribution is -0.130. The van der Waals surface area contributed by atoms with Gasteiger partial charge in [-0.2, -0.15) is 10.1 Å². The van der Waals surface area contributed by atoms with Crippen LogP contribution in [0.4, 0.5) is 28.8 Å². The van der Waals surface area contributed by atoms with E-state index in [0.717, 1.165) is 101 Å². The molecule has 5 heterocycles. The van der Waals surface area contributed by atoms with Gasteiger partial charge in [0.1, 0.15) is 11.6 Å². The third-order valence-corrected chi connectivity index (χ3v) is 11.6. The van der Waals surface area contributed by atoms with Crippen LogP contribution in [-0.2, 0) is 11.8 Å². The highest BCUT2D eigenvalue weighted by Crippen LogP contribution is 2.42. The van der Waals surface area contributed by atoms with Gasteiger partial charge in [0.05, 0.1) is 34.5 Å². The maximum atomic E-state index is 11.8. The number of anilines is 5. The molecule has 2 N–H and O–H groups in total. The van der Waals surface area contributed by atoms with Crippen LogP contribution in [0, 0.1) is 0 Å². The number of ether oxygens (including phenoxy) is 1. The van der Waals surface area contributed by atoms with Crippen molar-refractivity contribution in [3.8, 4) is 16.9 Å². The topological polar surface area (TPSA) is 129 Å². The molecule has 0 spiro atoms. The molecule has 0 unspecified atom stereocenters. The average molecular weight is 773 g/mol. The molecule has 7 rings (SSSR count). The number of halogens is 1. The van der Waals surface area contributed by atoms with Crippen LogP contribution in [0.1, 0.15) is 19.8 Å². The zero-order valence-corrected chi connectivity index (χ0v) is 32.1. The average Bonchev–Trinajstić information content (AvgIpc) is 3.58. The van der Waals surface area contributed by atoms with Crippen molar-refractivity contribution in [1.82, 2.24) is 39.5 Å². The number of aromatic nitrogens is 6. The van der Waals surface area contributed by atoms with E-state index in [-0.39, 0.29) is 5.91 Å². The van der Waals surface area contributed by atoms with E-state index in [9.17, 15) is 4.79 Å². The Kier molecular flexibility index (Phi) is 10.4. The number of nitrogens with one attached hydrogen (secondary N) is 2. The molecule has 0 bridgehead atoms. The van der Waals surface area contributed by atoms with Gasteiger partial charge >= 0.3 is 0 Å². The fraction of sp³-hybridized carbons (Fsp3) is 0.389. The summed E-state index contributed by atoms with van der Waals surface area (Å²) in [6.07, 6.45) is 11.2. The molecule has 0 aliphatic carbocycles. The Bertz CT molecular complexity index is 2040. The maximum absolute atomic E-state index is 11.8. The summed E-state index contributed by atoms with van der Waals surface area (Å²) in [4.78, 5) is 37.5. The molecule has 2 aliphatic heterocycles. The minimum absolute atomic E-state index is 0.167. The van der Waals surface area contributed by atoms with Crippen LogP contribution in [-0.4, -0.2) is 111 Å². The highest BCUT2D eigenvalue weighted by atomic mass is 79.9. The minimum Gasteiger partial charge on any atom is -0.494 e. The number of nitrogens with zero attached hydrogens (tertiary/aromatic N) is 9. The van der Waals surface area contributed by atoms with Gasteiger partial charge < -0.3 is 25.2 Å². The first-order valence-electron chi connectivity index (χ1n) is 17.1.